The predicted molar refractivity (Wildman–Crippen MR) is 179 cm³/mol. The third kappa shape index (κ3) is 5.12. The summed E-state index contributed by atoms with van der Waals surface area (Å²) in [5.74, 6) is -1.13. The molecule has 4 fully saturated rings. The lowest BCUT2D eigenvalue weighted by Crippen LogP contribution is -2.66. The Kier molecular flexibility index (Phi) is 8.16. The highest BCUT2D eigenvalue weighted by molar-refractivity contribution is 5.96. The molecule has 0 unspecified atom stereocenters. The second kappa shape index (κ2) is 11.3. The van der Waals surface area contributed by atoms with Crippen LogP contribution in [0.1, 0.15) is 112 Å². The first kappa shape index (κ1) is 33.9. The van der Waals surface area contributed by atoms with Gasteiger partial charge in [0.15, 0.2) is 12.4 Å². The van der Waals surface area contributed by atoms with Crippen molar-refractivity contribution in [1.82, 2.24) is 0 Å². The highest BCUT2D eigenvalue weighted by atomic mass is 16.5. The summed E-state index contributed by atoms with van der Waals surface area (Å²) in [6.07, 6.45) is 9.80. The summed E-state index contributed by atoms with van der Waals surface area (Å²) in [6, 6.07) is 9.84. The lowest BCUT2D eigenvalue weighted by Gasteiger charge is -2.70. The number of hydrogen-bond donors (Lipinski definition) is 1. The van der Waals surface area contributed by atoms with Gasteiger partial charge in [-0.3, -0.25) is 19.2 Å². The lowest BCUT2D eigenvalue weighted by atomic mass is 9.33. The van der Waals surface area contributed by atoms with Crippen molar-refractivity contribution in [3.8, 4) is 0 Å². The van der Waals surface area contributed by atoms with Gasteiger partial charge in [-0.15, -0.1) is 0 Å². The number of nitrogens with two attached hydrogens (primary N) is 1. The molecule has 6 rings (SSSR count). The average Bonchev–Trinajstić information content (AvgIpc) is 3.00. The maximum absolute atomic E-state index is 14.7. The van der Waals surface area contributed by atoms with E-state index in [2.05, 4.69) is 48.5 Å². The van der Waals surface area contributed by atoms with Crippen LogP contribution in [0.3, 0.4) is 0 Å². The molecule has 4 saturated carbocycles. The summed E-state index contributed by atoms with van der Waals surface area (Å²) in [4.78, 5) is 53.0. The van der Waals surface area contributed by atoms with Gasteiger partial charge in [-0.25, -0.2) is 0 Å². The fraction of sp³-hybridized carbons (Fsp3) is 0.700. The Bertz CT molecular complexity index is 1500. The Labute approximate surface area is 280 Å². The van der Waals surface area contributed by atoms with Crippen molar-refractivity contribution in [2.75, 3.05) is 6.61 Å². The van der Waals surface area contributed by atoms with Crippen LogP contribution in [-0.4, -0.2) is 30.2 Å². The number of allylic oxidation sites excluding steroid dienone is 2. The first-order valence-electron chi connectivity index (χ1n) is 17.8. The molecule has 1 amide bonds. The SMILES string of the molecule is CC1(C)[C@@H](C(=O)OCC(N)=O)CC[C@]2(C)[C@H]3C(=O)C=C4[C@@H]5C[C@@](C)(C(=O)OCc6ccccc6)CC[C@]5(C)CC[C@@]4(C)[C@]3(C)CC[C@@H]12. The van der Waals surface area contributed by atoms with Gasteiger partial charge in [0.05, 0.1) is 11.3 Å². The van der Waals surface area contributed by atoms with E-state index < -0.39 is 23.3 Å². The van der Waals surface area contributed by atoms with Crippen molar-refractivity contribution in [3.63, 3.8) is 0 Å². The lowest BCUT2D eigenvalue weighted by molar-refractivity contribution is -0.200. The van der Waals surface area contributed by atoms with Crippen LogP contribution >= 0.6 is 0 Å². The molecule has 0 aromatic heterocycles. The van der Waals surface area contributed by atoms with Crippen molar-refractivity contribution < 1.29 is 28.7 Å². The van der Waals surface area contributed by atoms with E-state index in [0.29, 0.717) is 12.8 Å². The van der Waals surface area contributed by atoms with Gasteiger partial charge in [-0.05, 0) is 115 Å². The number of hydrogen-bond acceptors (Lipinski definition) is 6. The van der Waals surface area contributed by atoms with Crippen molar-refractivity contribution in [3.05, 3.63) is 47.5 Å². The molecular formula is C40H55NO6. The molecule has 0 heterocycles. The first-order chi connectivity index (χ1) is 21.9. The number of ether oxygens (including phenoxy) is 2. The number of carbonyl (C=O) groups excluding carboxylic acids is 4. The molecule has 0 radical (unpaired) electrons. The zero-order valence-corrected chi connectivity index (χ0v) is 29.6. The van der Waals surface area contributed by atoms with Crippen molar-refractivity contribution in [2.24, 2.45) is 61.9 Å². The van der Waals surface area contributed by atoms with Crippen LogP contribution in [0, 0.1) is 56.2 Å². The van der Waals surface area contributed by atoms with Crippen molar-refractivity contribution in [2.45, 2.75) is 113 Å². The number of fused-ring (bicyclic) bond motifs is 7. The van der Waals surface area contributed by atoms with Gasteiger partial charge in [-0.2, -0.15) is 0 Å². The van der Waals surface area contributed by atoms with Gasteiger partial charge in [0.25, 0.3) is 5.91 Å². The molecule has 9 atom stereocenters. The van der Waals surface area contributed by atoms with E-state index >= 15 is 0 Å². The second-order valence-electron chi connectivity index (χ2n) is 17.8. The summed E-state index contributed by atoms with van der Waals surface area (Å²) in [6.45, 7) is 15.7. The minimum atomic E-state index is -0.653. The Morgan fingerprint density at radius 3 is 2.21 bits per heavy atom. The zero-order valence-electron chi connectivity index (χ0n) is 29.6. The summed E-state index contributed by atoms with van der Waals surface area (Å²) < 4.78 is 11.3. The highest BCUT2D eigenvalue weighted by Crippen LogP contribution is 2.75. The summed E-state index contributed by atoms with van der Waals surface area (Å²) in [5, 5.41) is 0. The number of primary amides is 1. The molecule has 7 nitrogen and oxygen atoms in total. The average molecular weight is 646 g/mol. The first-order valence-corrected chi connectivity index (χ1v) is 17.8. The molecule has 1 aromatic rings. The van der Waals surface area contributed by atoms with Crippen molar-refractivity contribution >= 4 is 23.6 Å². The number of carbonyl (C=O) groups is 4. The van der Waals surface area contributed by atoms with Gasteiger partial charge in [-0.1, -0.05) is 77.4 Å². The number of benzene rings is 1. The molecule has 0 saturated heterocycles. The molecule has 5 aliphatic carbocycles. The molecule has 0 bridgehead atoms. The number of rotatable bonds is 6. The smallest absolute Gasteiger partial charge is 0.312 e. The molecule has 47 heavy (non-hydrogen) atoms. The van der Waals surface area contributed by atoms with E-state index in [1.54, 1.807) is 0 Å². The molecule has 0 spiro atoms. The number of esters is 2. The van der Waals surface area contributed by atoms with Crippen LogP contribution in [0.25, 0.3) is 0 Å². The maximum atomic E-state index is 14.7. The van der Waals surface area contributed by atoms with Crippen LogP contribution < -0.4 is 5.73 Å². The van der Waals surface area contributed by atoms with Gasteiger partial charge in [0.2, 0.25) is 0 Å². The number of ketones is 1. The van der Waals surface area contributed by atoms with Crippen LogP contribution in [0.2, 0.25) is 0 Å². The minimum absolute atomic E-state index is 0.0421. The predicted octanol–water partition coefficient (Wildman–Crippen LogP) is 7.36. The molecular weight excluding hydrogens is 590 g/mol. The van der Waals surface area contributed by atoms with Gasteiger partial charge < -0.3 is 15.2 Å². The zero-order chi connectivity index (χ0) is 34.2. The van der Waals surface area contributed by atoms with E-state index in [9.17, 15) is 19.2 Å². The van der Waals surface area contributed by atoms with E-state index in [-0.39, 0.29) is 69.7 Å². The molecule has 0 aliphatic heterocycles. The van der Waals surface area contributed by atoms with E-state index in [1.807, 2.05) is 36.4 Å². The quantitative estimate of drug-likeness (QED) is 0.324. The summed E-state index contributed by atoms with van der Waals surface area (Å²) >= 11 is 0. The monoisotopic (exact) mass is 645 g/mol. The molecule has 2 N–H and O–H groups in total. The second-order valence-corrected chi connectivity index (χ2v) is 17.8. The third-order valence-electron chi connectivity index (χ3n) is 15.0. The largest absolute Gasteiger partial charge is 0.460 e. The van der Waals surface area contributed by atoms with Crippen LogP contribution in [0.15, 0.2) is 42.0 Å². The van der Waals surface area contributed by atoms with Gasteiger partial charge >= 0.3 is 11.9 Å². The topological polar surface area (TPSA) is 113 Å². The maximum Gasteiger partial charge on any atom is 0.312 e. The molecule has 1 aromatic carbocycles. The Balaban J connectivity index is 1.30. The van der Waals surface area contributed by atoms with E-state index in [4.69, 9.17) is 15.2 Å². The Hall–Kier alpha value is -2.96. The molecule has 5 aliphatic rings. The van der Waals surface area contributed by atoms with Crippen LogP contribution in [0.5, 0.6) is 0 Å². The van der Waals surface area contributed by atoms with Crippen molar-refractivity contribution in [1.29, 1.82) is 0 Å². The molecule has 256 valence electrons. The van der Waals surface area contributed by atoms with Crippen LogP contribution in [-0.2, 0) is 35.3 Å². The highest BCUT2D eigenvalue weighted by Gasteiger charge is 2.70. The third-order valence-corrected chi connectivity index (χ3v) is 15.0. The molecule has 7 heteroatoms. The van der Waals surface area contributed by atoms with Gasteiger partial charge in [0.1, 0.15) is 6.61 Å². The summed E-state index contributed by atoms with van der Waals surface area (Å²) in [7, 11) is 0. The standard InChI is InChI=1S/C40H55NO6/c1-35(2)26(33(44)46-24-31(41)43)13-15-38(5)30(35)14-16-40(7)32(38)29(42)21-27-28-22-37(4,18-17-36(28,3)19-20-39(27,40)6)34(45)47-23-25-11-9-8-10-12-25/h8-12,21,26,28,30,32H,13-20,22-24H2,1-7H3,(H2,41,43)/t26-,28+,30+,32-,36-,37+,38+,39-,40-/m1/s1. The fourth-order valence-corrected chi connectivity index (χ4v) is 11.9. The minimum Gasteiger partial charge on any atom is -0.460 e. The number of amides is 1. The summed E-state index contributed by atoms with van der Waals surface area (Å²) in [5.41, 5.74) is 5.87. The fourth-order valence-electron chi connectivity index (χ4n) is 11.9. The Morgan fingerprint density at radius 1 is 0.851 bits per heavy atom. The van der Waals surface area contributed by atoms with Gasteiger partial charge in [0, 0.05) is 5.92 Å². The normalized spacial score (nSPS) is 42.0. The van der Waals surface area contributed by atoms with Crippen LogP contribution in [0.4, 0.5) is 0 Å². The van der Waals surface area contributed by atoms with E-state index in [0.717, 1.165) is 50.5 Å². The van der Waals surface area contributed by atoms with E-state index in [1.165, 1.54) is 5.57 Å². The Morgan fingerprint density at radius 2 is 1.53 bits per heavy atom.